The van der Waals surface area contributed by atoms with Crippen molar-refractivity contribution in [3.63, 3.8) is 0 Å². The second-order valence-electron chi connectivity index (χ2n) is 7.16. The number of nitrogens with one attached hydrogen (secondary N) is 1. The van der Waals surface area contributed by atoms with Gasteiger partial charge >= 0.3 is 0 Å². The summed E-state index contributed by atoms with van der Waals surface area (Å²) in [5, 5.41) is 16.6. The fraction of sp³-hybridized carbons (Fsp3) is 0.450. The number of carbonyl (C=O) groups is 2. The molecule has 3 rings (SSSR count). The fourth-order valence-corrected chi connectivity index (χ4v) is 3.05. The number of aromatic nitrogens is 2. The van der Waals surface area contributed by atoms with Gasteiger partial charge in [-0.2, -0.15) is 5.10 Å². The lowest BCUT2D eigenvalue weighted by molar-refractivity contribution is 0.0779. The molecule has 2 aromatic rings. The molecule has 0 spiro atoms. The van der Waals surface area contributed by atoms with E-state index >= 15 is 0 Å². The summed E-state index contributed by atoms with van der Waals surface area (Å²) in [6.07, 6.45) is -0.0597. The quantitative estimate of drug-likeness (QED) is 0.726. The van der Waals surface area contributed by atoms with Crippen molar-refractivity contribution in [2.24, 2.45) is 0 Å². The van der Waals surface area contributed by atoms with Crippen molar-refractivity contribution in [1.29, 1.82) is 0 Å². The molecule has 0 saturated carbocycles. The van der Waals surface area contributed by atoms with E-state index in [2.05, 4.69) is 10.4 Å². The van der Waals surface area contributed by atoms with E-state index < -0.39 is 6.10 Å². The lowest BCUT2D eigenvalue weighted by Gasteiger charge is -2.16. The highest BCUT2D eigenvalue weighted by Gasteiger charge is 2.25. The molecule has 0 radical (unpaired) electrons. The number of aliphatic hydroxyl groups is 1. The molecule has 8 heteroatoms. The molecule has 2 amide bonds. The normalized spacial score (nSPS) is 16.1. The number of aryl methyl sites for hydroxylation is 2. The van der Waals surface area contributed by atoms with Gasteiger partial charge < -0.3 is 20.1 Å². The monoisotopic (exact) mass is 386 g/mol. The topological polar surface area (TPSA) is 96.7 Å². The molecular formula is C20H26N4O4. The van der Waals surface area contributed by atoms with E-state index in [4.69, 9.17) is 4.74 Å². The summed E-state index contributed by atoms with van der Waals surface area (Å²) in [5.74, 6) is 0.249. The highest BCUT2D eigenvalue weighted by molar-refractivity contribution is 5.98. The van der Waals surface area contributed by atoms with E-state index in [1.54, 1.807) is 11.9 Å². The van der Waals surface area contributed by atoms with Gasteiger partial charge in [-0.1, -0.05) is 12.1 Å². The third-order valence-electron chi connectivity index (χ3n) is 4.70. The summed E-state index contributed by atoms with van der Waals surface area (Å²) in [6, 6.07) is 7.54. The van der Waals surface area contributed by atoms with Crippen LogP contribution in [0.25, 0.3) is 0 Å². The zero-order valence-corrected chi connectivity index (χ0v) is 16.4. The molecule has 150 valence electrons. The van der Waals surface area contributed by atoms with Crippen LogP contribution >= 0.6 is 0 Å². The summed E-state index contributed by atoms with van der Waals surface area (Å²) in [6.45, 7) is 5.36. The summed E-state index contributed by atoms with van der Waals surface area (Å²) >= 11 is 0. The van der Waals surface area contributed by atoms with E-state index in [0.717, 1.165) is 16.9 Å². The zero-order valence-electron chi connectivity index (χ0n) is 16.4. The number of hydrogen-bond donors (Lipinski definition) is 2. The number of ether oxygens (including phenoxy) is 1. The molecule has 0 bridgehead atoms. The van der Waals surface area contributed by atoms with E-state index in [1.165, 1.54) is 10.7 Å². The highest BCUT2D eigenvalue weighted by Crippen LogP contribution is 2.19. The van der Waals surface area contributed by atoms with Gasteiger partial charge in [0.05, 0.1) is 19.3 Å². The molecule has 2 heterocycles. The molecule has 1 aromatic heterocycles. The summed E-state index contributed by atoms with van der Waals surface area (Å²) in [5.41, 5.74) is 2.69. The molecule has 1 atom stereocenters. The summed E-state index contributed by atoms with van der Waals surface area (Å²) in [7, 11) is 1.69. The number of hydrogen-bond acceptors (Lipinski definition) is 5. The number of β-amino-alcohol motifs (C(OH)–C–C–N with tert-alkyl or cyclic N) is 1. The van der Waals surface area contributed by atoms with Crippen LogP contribution in [0.1, 0.15) is 38.5 Å². The Morgan fingerprint density at radius 3 is 2.96 bits per heavy atom. The Kier molecular flexibility index (Phi) is 5.99. The molecule has 1 aliphatic heterocycles. The minimum absolute atomic E-state index is 0.172. The Hall–Kier alpha value is -2.87. The lowest BCUT2D eigenvalue weighted by atomic mass is 10.1. The first-order chi connectivity index (χ1) is 13.3. The molecule has 8 nitrogen and oxygen atoms in total. The highest BCUT2D eigenvalue weighted by atomic mass is 16.5. The minimum Gasteiger partial charge on any atom is -0.493 e. The third kappa shape index (κ3) is 4.51. The van der Waals surface area contributed by atoms with Crippen molar-refractivity contribution in [3.8, 4) is 5.75 Å². The van der Waals surface area contributed by atoms with Crippen molar-refractivity contribution >= 4 is 11.8 Å². The van der Waals surface area contributed by atoms with Crippen molar-refractivity contribution in [2.75, 3.05) is 26.7 Å². The van der Waals surface area contributed by atoms with Crippen molar-refractivity contribution < 1.29 is 19.4 Å². The molecule has 28 heavy (non-hydrogen) atoms. The Morgan fingerprint density at radius 2 is 2.18 bits per heavy atom. The van der Waals surface area contributed by atoms with Crippen LogP contribution in [0.3, 0.4) is 0 Å². The van der Waals surface area contributed by atoms with Crippen LogP contribution in [0.5, 0.6) is 5.75 Å². The van der Waals surface area contributed by atoms with Crippen LogP contribution in [0.15, 0.2) is 24.3 Å². The van der Waals surface area contributed by atoms with Crippen molar-refractivity contribution in [3.05, 3.63) is 46.8 Å². The average molecular weight is 386 g/mol. The number of fused-ring (bicyclic) bond motifs is 1. The second kappa shape index (κ2) is 8.43. The average Bonchev–Trinajstić information content (AvgIpc) is 3.03. The standard InChI is InChI=1S/C20H26N4O4/c1-13-5-6-14(2)18(9-13)28-8-4-7-23(3)20(27)16-10-17-19(26)21-11-15(25)12-24(17)22-16/h5-6,9-10,15,25H,4,7-8,11-12H2,1-3H3,(H,21,26)/t15-/m1/s1. The zero-order chi connectivity index (χ0) is 20.3. The van der Waals surface area contributed by atoms with Gasteiger partial charge in [0.2, 0.25) is 0 Å². The lowest BCUT2D eigenvalue weighted by Crippen LogP contribution is -2.31. The molecule has 0 aliphatic carbocycles. The van der Waals surface area contributed by atoms with Crippen molar-refractivity contribution in [2.45, 2.75) is 32.9 Å². The van der Waals surface area contributed by atoms with E-state index in [9.17, 15) is 14.7 Å². The Morgan fingerprint density at radius 1 is 1.39 bits per heavy atom. The predicted octanol–water partition coefficient (Wildman–Crippen LogP) is 1.15. The van der Waals surface area contributed by atoms with Gasteiger partial charge in [0.15, 0.2) is 5.69 Å². The van der Waals surface area contributed by atoms with Gasteiger partial charge in [-0.05, 0) is 37.5 Å². The maximum absolute atomic E-state index is 12.6. The van der Waals surface area contributed by atoms with Gasteiger partial charge in [0, 0.05) is 26.2 Å². The fourth-order valence-electron chi connectivity index (χ4n) is 3.05. The number of amides is 2. The molecule has 2 N–H and O–H groups in total. The smallest absolute Gasteiger partial charge is 0.274 e. The number of benzene rings is 1. The van der Waals surface area contributed by atoms with Crippen LogP contribution in [-0.2, 0) is 6.54 Å². The molecular weight excluding hydrogens is 360 g/mol. The van der Waals surface area contributed by atoms with Crippen molar-refractivity contribution in [1.82, 2.24) is 20.0 Å². The second-order valence-corrected chi connectivity index (χ2v) is 7.16. The van der Waals surface area contributed by atoms with E-state index in [-0.39, 0.29) is 36.3 Å². The molecule has 0 saturated heterocycles. The van der Waals surface area contributed by atoms with Gasteiger partial charge in [-0.15, -0.1) is 0 Å². The molecule has 0 unspecified atom stereocenters. The first-order valence-electron chi connectivity index (χ1n) is 9.35. The maximum atomic E-state index is 12.6. The third-order valence-corrected chi connectivity index (χ3v) is 4.70. The first-order valence-corrected chi connectivity index (χ1v) is 9.35. The summed E-state index contributed by atoms with van der Waals surface area (Å²) < 4.78 is 7.21. The van der Waals surface area contributed by atoms with Gasteiger partial charge in [-0.25, -0.2) is 0 Å². The van der Waals surface area contributed by atoms with Crippen LogP contribution in [0, 0.1) is 13.8 Å². The largest absolute Gasteiger partial charge is 0.493 e. The molecule has 1 aromatic carbocycles. The number of nitrogens with zero attached hydrogens (tertiary/aromatic N) is 3. The van der Waals surface area contributed by atoms with Crippen LogP contribution in [0.2, 0.25) is 0 Å². The van der Waals surface area contributed by atoms with E-state index in [1.807, 2.05) is 32.0 Å². The SMILES string of the molecule is Cc1ccc(C)c(OCCCN(C)C(=O)c2cc3n(n2)C[C@H](O)CNC3=O)c1. The number of rotatable bonds is 6. The summed E-state index contributed by atoms with van der Waals surface area (Å²) in [4.78, 5) is 26.2. The minimum atomic E-state index is -0.729. The van der Waals surface area contributed by atoms with E-state index in [0.29, 0.717) is 19.6 Å². The van der Waals surface area contributed by atoms with Crippen LogP contribution < -0.4 is 10.1 Å². The Bertz CT molecular complexity index is 877. The molecule has 1 aliphatic rings. The first kappa shape index (κ1) is 19.9. The Balaban J connectivity index is 1.55. The van der Waals surface area contributed by atoms with Gasteiger partial charge in [0.1, 0.15) is 11.4 Å². The van der Waals surface area contributed by atoms with Gasteiger partial charge in [0.25, 0.3) is 11.8 Å². The van der Waals surface area contributed by atoms with Crippen LogP contribution in [-0.4, -0.2) is 64.4 Å². The van der Waals surface area contributed by atoms with Crippen LogP contribution in [0.4, 0.5) is 0 Å². The number of carbonyl (C=O) groups excluding carboxylic acids is 2. The molecule has 0 fully saturated rings. The Labute approximate surface area is 164 Å². The predicted molar refractivity (Wildman–Crippen MR) is 104 cm³/mol. The van der Waals surface area contributed by atoms with Gasteiger partial charge in [-0.3, -0.25) is 14.3 Å². The maximum Gasteiger partial charge on any atom is 0.274 e. The number of aliphatic hydroxyl groups excluding tert-OH is 1.